The standard InChI is InChI=1S/C16H21NS/c1-12-5-10-15(18-12)11-17-14-8-6-13(7-9-14)16(2,3)4/h5-10,17H,11H2,1-4H3. The van der Waals surface area contributed by atoms with Gasteiger partial charge in [-0.05, 0) is 42.2 Å². The minimum absolute atomic E-state index is 0.226. The van der Waals surface area contributed by atoms with E-state index in [1.165, 1.54) is 21.0 Å². The maximum absolute atomic E-state index is 3.46. The van der Waals surface area contributed by atoms with E-state index in [2.05, 4.69) is 69.4 Å². The fourth-order valence-corrected chi connectivity index (χ4v) is 2.69. The first-order valence-electron chi connectivity index (χ1n) is 6.35. The Morgan fingerprint density at radius 2 is 1.67 bits per heavy atom. The summed E-state index contributed by atoms with van der Waals surface area (Å²) in [6, 6.07) is 13.1. The summed E-state index contributed by atoms with van der Waals surface area (Å²) in [5.41, 5.74) is 2.79. The number of rotatable bonds is 3. The van der Waals surface area contributed by atoms with Crippen molar-refractivity contribution < 1.29 is 0 Å². The van der Waals surface area contributed by atoms with Crippen LogP contribution in [0.3, 0.4) is 0 Å². The molecule has 0 aliphatic rings. The van der Waals surface area contributed by atoms with E-state index < -0.39 is 0 Å². The predicted octanol–water partition coefficient (Wildman–Crippen LogP) is 4.97. The highest BCUT2D eigenvalue weighted by atomic mass is 32.1. The van der Waals surface area contributed by atoms with Crippen LogP contribution in [0.15, 0.2) is 36.4 Å². The number of benzene rings is 1. The van der Waals surface area contributed by atoms with Gasteiger partial charge in [0.1, 0.15) is 0 Å². The van der Waals surface area contributed by atoms with Crippen LogP contribution in [0.4, 0.5) is 5.69 Å². The van der Waals surface area contributed by atoms with E-state index in [-0.39, 0.29) is 5.41 Å². The lowest BCUT2D eigenvalue weighted by atomic mass is 9.87. The van der Waals surface area contributed by atoms with Crippen molar-refractivity contribution >= 4 is 17.0 Å². The van der Waals surface area contributed by atoms with Crippen LogP contribution < -0.4 is 5.32 Å². The molecule has 0 saturated carbocycles. The molecule has 0 aliphatic heterocycles. The van der Waals surface area contributed by atoms with Crippen molar-refractivity contribution in [3.05, 3.63) is 51.7 Å². The highest BCUT2D eigenvalue weighted by molar-refractivity contribution is 7.11. The fraction of sp³-hybridized carbons (Fsp3) is 0.375. The number of hydrogen-bond acceptors (Lipinski definition) is 2. The van der Waals surface area contributed by atoms with Gasteiger partial charge in [0.15, 0.2) is 0 Å². The molecule has 2 rings (SSSR count). The van der Waals surface area contributed by atoms with Gasteiger partial charge in [0, 0.05) is 22.0 Å². The summed E-state index contributed by atoms with van der Waals surface area (Å²) in [5, 5.41) is 3.46. The molecule has 0 atom stereocenters. The van der Waals surface area contributed by atoms with E-state index in [0.29, 0.717) is 0 Å². The second-order valence-corrected chi connectivity index (χ2v) is 7.07. The Kier molecular flexibility index (Phi) is 3.76. The summed E-state index contributed by atoms with van der Waals surface area (Å²) >= 11 is 1.85. The first-order valence-corrected chi connectivity index (χ1v) is 7.16. The van der Waals surface area contributed by atoms with Gasteiger partial charge in [0.05, 0.1) is 0 Å². The van der Waals surface area contributed by atoms with Gasteiger partial charge in [-0.2, -0.15) is 0 Å². The summed E-state index contributed by atoms with van der Waals surface area (Å²) in [5.74, 6) is 0. The van der Waals surface area contributed by atoms with Crippen LogP contribution in [0.2, 0.25) is 0 Å². The normalized spacial score (nSPS) is 11.6. The second-order valence-electron chi connectivity index (χ2n) is 5.69. The maximum Gasteiger partial charge on any atom is 0.0494 e. The average Bonchev–Trinajstić information content (AvgIpc) is 2.72. The molecule has 0 fully saturated rings. The van der Waals surface area contributed by atoms with Gasteiger partial charge >= 0.3 is 0 Å². The van der Waals surface area contributed by atoms with Crippen molar-refractivity contribution in [2.75, 3.05) is 5.32 Å². The molecule has 0 amide bonds. The quantitative estimate of drug-likeness (QED) is 0.821. The zero-order valence-corrected chi connectivity index (χ0v) is 12.4. The van der Waals surface area contributed by atoms with Gasteiger partial charge < -0.3 is 5.32 Å². The smallest absolute Gasteiger partial charge is 0.0494 e. The van der Waals surface area contributed by atoms with Crippen LogP contribution in [0, 0.1) is 6.92 Å². The van der Waals surface area contributed by atoms with Crippen molar-refractivity contribution in [1.82, 2.24) is 0 Å². The Hall–Kier alpha value is -1.28. The number of thiophene rings is 1. The van der Waals surface area contributed by atoms with Crippen molar-refractivity contribution in [2.24, 2.45) is 0 Å². The summed E-state index contributed by atoms with van der Waals surface area (Å²) < 4.78 is 0. The maximum atomic E-state index is 3.46. The Morgan fingerprint density at radius 3 is 2.17 bits per heavy atom. The van der Waals surface area contributed by atoms with Gasteiger partial charge in [-0.15, -0.1) is 11.3 Å². The number of aryl methyl sites for hydroxylation is 1. The molecule has 0 unspecified atom stereocenters. The van der Waals surface area contributed by atoms with Gasteiger partial charge in [0.2, 0.25) is 0 Å². The Bertz CT molecular complexity index is 503. The molecule has 0 bridgehead atoms. The van der Waals surface area contributed by atoms with Gasteiger partial charge in [-0.3, -0.25) is 0 Å². The molecular formula is C16H21NS. The second kappa shape index (κ2) is 5.15. The van der Waals surface area contributed by atoms with E-state index in [1.807, 2.05) is 11.3 Å². The number of anilines is 1. The largest absolute Gasteiger partial charge is 0.380 e. The van der Waals surface area contributed by atoms with E-state index in [1.54, 1.807) is 0 Å². The Balaban J connectivity index is 1.98. The monoisotopic (exact) mass is 259 g/mol. The first kappa shape index (κ1) is 13.2. The Labute approximate surface area is 114 Å². The van der Waals surface area contributed by atoms with E-state index in [4.69, 9.17) is 0 Å². The molecule has 1 heterocycles. The molecule has 0 aliphatic carbocycles. The average molecular weight is 259 g/mol. The van der Waals surface area contributed by atoms with Crippen molar-refractivity contribution in [3.8, 4) is 0 Å². The number of hydrogen-bond donors (Lipinski definition) is 1. The van der Waals surface area contributed by atoms with Crippen LogP contribution in [-0.4, -0.2) is 0 Å². The SMILES string of the molecule is Cc1ccc(CNc2ccc(C(C)(C)C)cc2)s1. The zero-order valence-electron chi connectivity index (χ0n) is 11.6. The first-order chi connectivity index (χ1) is 8.45. The topological polar surface area (TPSA) is 12.0 Å². The van der Waals surface area contributed by atoms with Crippen molar-refractivity contribution in [1.29, 1.82) is 0 Å². The minimum Gasteiger partial charge on any atom is -0.380 e. The third-order valence-electron chi connectivity index (χ3n) is 3.01. The lowest BCUT2D eigenvalue weighted by molar-refractivity contribution is 0.590. The van der Waals surface area contributed by atoms with Crippen LogP contribution in [0.1, 0.15) is 36.1 Å². The zero-order chi connectivity index (χ0) is 13.2. The highest BCUT2D eigenvalue weighted by Gasteiger charge is 2.12. The van der Waals surface area contributed by atoms with E-state index in [0.717, 1.165) is 6.54 Å². The lowest BCUT2D eigenvalue weighted by Gasteiger charge is -2.19. The summed E-state index contributed by atoms with van der Waals surface area (Å²) in [6.45, 7) is 9.78. The molecule has 1 aromatic carbocycles. The molecule has 0 spiro atoms. The lowest BCUT2D eigenvalue weighted by Crippen LogP contribution is -2.10. The molecule has 0 radical (unpaired) electrons. The van der Waals surface area contributed by atoms with Crippen LogP contribution in [0.5, 0.6) is 0 Å². The van der Waals surface area contributed by atoms with Gasteiger partial charge in [-0.25, -0.2) is 0 Å². The summed E-state index contributed by atoms with van der Waals surface area (Å²) in [6.07, 6.45) is 0. The van der Waals surface area contributed by atoms with Crippen LogP contribution in [0.25, 0.3) is 0 Å². The Morgan fingerprint density at radius 1 is 1.00 bits per heavy atom. The van der Waals surface area contributed by atoms with Gasteiger partial charge in [-0.1, -0.05) is 32.9 Å². The molecule has 1 N–H and O–H groups in total. The molecule has 18 heavy (non-hydrogen) atoms. The molecular weight excluding hydrogens is 238 g/mol. The van der Waals surface area contributed by atoms with Crippen LogP contribution >= 0.6 is 11.3 Å². The molecule has 2 heteroatoms. The predicted molar refractivity (Wildman–Crippen MR) is 81.5 cm³/mol. The van der Waals surface area contributed by atoms with Crippen LogP contribution in [-0.2, 0) is 12.0 Å². The van der Waals surface area contributed by atoms with Gasteiger partial charge in [0.25, 0.3) is 0 Å². The third-order valence-corrected chi connectivity index (χ3v) is 4.01. The molecule has 2 aromatic rings. The molecule has 1 aromatic heterocycles. The summed E-state index contributed by atoms with van der Waals surface area (Å²) in [4.78, 5) is 2.75. The molecule has 1 nitrogen and oxygen atoms in total. The molecule has 0 saturated heterocycles. The van der Waals surface area contributed by atoms with Crippen molar-refractivity contribution in [2.45, 2.75) is 39.7 Å². The minimum atomic E-state index is 0.226. The highest BCUT2D eigenvalue weighted by Crippen LogP contribution is 2.24. The molecule has 96 valence electrons. The number of nitrogens with one attached hydrogen (secondary N) is 1. The van der Waals surface area contributed by atoms with E-state index in [9.17, 15) is 0 Å². The third kappa shape index (κ3) is 3.36. The fourth-order valence-electron chi connectivity index (χ4n) is 1.86. The van der Waals surface area contributed by atoms with Crippen molar-refractivity contribution in [3.63, 3.8) is 0 Å². The van der Waals surface area contributed by atoms with E-state index >= 15 is 0 Å². The summed E-state index contributed by atoms with van der Waals surface area (Å²) in [7, 11) is 0.